The molecule has 4 N–H and O–H groups in total. The third kappa shape index (κ3) is 4.05. The van der Waals surface area contributed by atoms with Crippen LogP contribution >= 0.6 is 0 Å². The van der Waals surface area contributed by atoms with Crippen molar-refractivity contribution in [2.75, 3.05) is 6.61 Å². The van der Waals surface area contributed by atoms with Gasteiger partial charge in [0.1, 0.15) is 0 Å². The maximum atomic E-state index is 12.4. The van der Waals surface area contributed by atoms with Crippen LogP contribution < -0.4 is 15.7 Å². The summed E-state index contributed by atoms with van der Waals surface area (Å²) in [6, 6.07) is 9.97. The third-order valence-corrected chi connectivity index (χ3v) is 3.75. The number of nitrogens with two attached hydrogens (primary N) is 1. The van der Waals surface area contributed by atoms with Crippen molar-refractivity contribution in [3.63, 3.8) is 0 Å². The van der Waals surface area contributed by atoms with Crippen molar-refractivity contribution in [2.45, 2.75) is 31.7 Å². The van der Waals surface area contributed by atoms with Crippen molar-refractivity contribution in [3.8, 4) is 0 Å². The Morgan fingerprint density at radius 1 is 1.42 bits per heavy atom. The molecular formula is C16H19FN5O2+. The molecule has 0 radical (unpaired) electrons. The van der Waals surface area contributed by atoms with Crippen molar-refractivity contribution < 1.29 is 13.9 Å². The molecule has 0 spiro atoms. The Morgan fingerprint density at radius 2 is 2.17 bits per heavy atom. The van der Waals surface area contributed by atoms with Crippen molar-refractivity contribution in [2.24, 2.45) is 10.7 Å². The molecule has 8 heteroatoms. The minimum Gasteiger partial charge on any atom is -0.374 e. The van der Waals surface area contributed by atoms with E-state index in [4.69, 9.17) is 20.6 Å². The Hall–Kier alpha value is -2.54. The molecule has 2 unspecified atom stereocenters. The molecule has 0 aromatic heterocycles. The first-order valence-corrected chi connectivity index (χ1v) is 7.70. The van der Waals surface area contributed by atoms with Crippen LogP contribution in [0.4, 0.5) is 4.39 Å². The smallest absolute Gasteiger partial charge is 0.361 e. The summed E-state index contributed by atoms with van der Waals surface area (Å²) in [7, 11) is 0. The van der Waals surface area contributed by atoms with Gasteiger partial charge in [-0.3, -0.25) is 5.41 Å². The van der Waals surface area contributed by atoms with Gasteiger partial charge in [-0.2, -0.15) is 9.38 Å². The molecule has 3 rings (SSSR count). The van der Waals surface area contributed by atoms with Crippen molar-refractivity contribution in [1.29, 1.82) is 5.41 Å². The van der Waals surface area contributed by atoms with E-state index >= 15 is 0 Å². The first-order chi connectivity index (χ1) is 11.6. The molecule has 1 aromatic rings. The van der Waals surface area contributed by atoms with Gasteiger partial charge in [-0.15, -0.1) is 0 Å². The second-order valence-corrected chi connectivity index (χ2v) is 5.58. The predicted molar refractivity (Wildman–Crippen MR) is 89.7 cm³/mol. The molecule has 2 atom stereocenters. The minimum atomic E-state index is -1.16. The fraction of sp³-hybridized carbons (Fsp3) is 0.375. The summed E-state index contributed by atoms with van der Waals surface area (Å²) in [6.45, 7) is 1.08. The highest BCUT2D eigenvalue weighted by Gasteiger charge is 2.38. The Morgan fingerprint density at radius 3 is 2.88 bits per heavy atom. The van der Waals surface area contributed by atoms with Gasteiger partial charge >= 0.3 is 11.7 Å². The molecule has 2 aliphatic rings. The Labute approximate surface area is 138 Å². The van der Waals surface area contributed by atoms with Gasteiger partial charge in [-0.25, -0.2) is 9.98 Å². The van der Waals surface area contributed by atoms with Gasteiger partial charge in [-0.05, 0) is 18.4 Å². The van der Waals surface area contributed by atoms with Crippen LogP contribution in [0, 0.1) is 5.41 Å². The van der Waals surface area contributed by atoms with Gasteiger partial charge in [-0.1, -0.05) is 30.3 Å². The summed E-state index contributed by atoms with van der Waals surface area (Å²) in [4.78, 5) is 3.19. The molecule has 1 fully saturated rings. The fourth-order valence-corrected chi connectivity index (χ4v) is 2.58. The SMILES string of the molecule is N=C(N=C(N)F)C1=[N+]=C(C2CCC(COCc3ccccc3)O2)N1. The van der Waals surface area contributed by atoms with Crippen LogP contribution in [-0.2, 0) is 16.1 Å². The third-order valence-electron chi connectivity index (χ3n) is 3.75. The second-order valence-electron chi connectivity index (χ2n) is 5.58. The number of nitrogens with zero attached hydrogens (tertiary/aromatic N) is 2. The first kappa shape index (κ1) is 16.3. The van der Waals surface area contributed by atoms with Crippen LogP contribution in [0.1, 0.15) is 18.4 Å². The van der Waals surface area contributed by atoms with Gasteiger partial charge in [0.15, 0.2) is 6.10 Å². The molecule has 1 aromatic carbocycles. The van der Waals surface area contributed by atoms with Crippen LogP contribution in [0.3, 0.4) is 0 Å². The molecule has 2 heterocycles. The first-order valence-electron chi connectivity index (χ1n) is 7.70. The van der Waals surface area contributed by atoms with Crippen LogP contribution in [0.15, 0.2) is 35.3 Å². The van der Waals surface area contributed by atoms with Crippen LogP contribution in [-0.4, -0.2) is 42.4 Å². The number of nitrogens with one attached hydrogen (secondary N) is 2. The van der Waals surface area contributed by atoms with E-state index in [0.29, 0.717) is 19.0 Å². The summed E-state index contributed by atoms with van der Waals surface area (Å²) in [5.74, 6) is 0.491. The summed E-state index contributed by atoms with van der Waals surface area (Å²) < 4.78 is 28.1. The van der Waals surface area contributed by atoms with E-state index in [0.717, 1.165) is 18.4 Å². The number of amidine groups is 4. The average Bonchev–Trinajstić information content (AvgIpc) is 2.94. The maximum Gasteiger partial charge on any atom is 0.361 e. The topological polar surface area (TPSA) is 107 Å². The quantitative estimate of drug-likeness (QED) is 0.305. The number of aliphatic imine (C=N–C) groups is 1. The molecule has 7 nitrogen and oxygen atoms in total. The Balaban J connectivity index is 1.46. The second kappa shape index (κ2) is 7.35. The lowest BCUT2D eigenvalue weighted by Crippen LogP contribution is -2.53. The van der Waals surface area contributed by atoms with Crippen LogP contribution in [0.2, 0.25) is 0 Å². The zero-order valence-electron chi connectivity index (χ0n) is 13.0. The lowest BCUT2D eigenvalue weighted by atomic mass is 10.1. The predicted octanol–water partition coefficient (Wildman–Crippen LogP) is 0.480. The van der Waals surface area contributed by atoms with E-state index in [1.54, 1.807) is 0 Å². The minimum absolute atomic E-state index is 0.0196. The van der Waals surface area contributed by atoms with Crippen LogP contribution in [0.25, 0.3) is 0 Å². The normalized spacial score (nSPS) is 23.1. The van der Waals surface area contributed by atoms with Gasteiger partial charge in [0.25, 0.3) is 6.09 Å². The molecule has 0 saturated carbocycles. The summed E-state index contributed by atoms with van der Waals surface area (Å²) in [6.07, 6.45) is 0.401. The van der Waals surface area contributed by atoms with Crippen molar-refractivity contribution >= 4 is 23.6 Å². The molecule has 24 heavy (non-hydrogen) atoms. The summed E-state index contributed by atoms with van der Waals surface area (Å²) in [5.41, 5.74) is 5.92. The van der Waals surface area contributed by atoms with E-state index in [-0.39, 0.29) is 23.9 Å². The number of rotatable bonds is 6. The summed E-state index contributed by atoms with van der Waals surface area (Å²) in [5, 5.41) is 10.4. The lowest BCUT2D eigenvalue weighted by Gasteiger charge is -2.15. The van der Waals surface area contributed by atoms with Crippen molar-refractivity contribution in [3.05, 3.63) is 35.9 Å². The Kier molecular flexibility index (Phi) is 5.00. The van der Waals surface area contributed by atoms with E-state index < -0.39 is 6.09 Å². The number of hydrogen-bond acceptors (Lipinski definition) is 4. The molecule has 126 valence electrons. The highest BCUT2D eigenvalue weighted by atomic mass is 19.1. The molecule has 2 aliphatic heterocycles. The zero-order valence-corrected chi connectivity index (χ0v) is 13.0. The van der Waals surface area contributed by atoms with Crippen molar-refractivity contribution in [1.82, 2.24) is 9.98 Å². The van der Waals surface area contributed by atoms with E-state index in [9.17, 15) is 4.39 Å². The van der Waals surface area contributed by atoms with Gasteiger partial charge in [0.2, 0.25) is 5.84 Å². The Bertz CT molecular complexity index is 708. The highest BCUT2D eigenvalue weighted by Crippen LogP contribution is 2.21. The van der Waals surface area contributed by atoms with Gasteiger partial charge in [0, 0.05) is 0 Å². The molecular weight excluding hydrogens is 313 g/mol. The zero-order chi connectivity index (χ0) is 16.9. The largest absolute Gasteiger partial charge is 0.374 e. The monoisotopic (exact) mass is 332 g/mol. The highest BCUT2D eigenvalue weighted by molar-refractivity contribution is 6.46. The summed E-state index contributed by atoms with van der Waals surface area (Å²) >= 11 is 0. The number of halogens is 1. The molecule has 0 bridgehead atoms. The molecule has 1 saturated heterocycles. The number of hydrogen-bond donors (Lipinski definition) is 3. The standard InChI is InChI=1S/C16H18FN5O2/c17-16(19)20-13(18)15-21-14(22-15)12-7-6-11(24-12)9-23-8-10-4-2-1-3-5-10/h1-5,11-12H,6-9H2,(H3,18,19,20)/p+1. The van der Waals surface area contributed by atoms with E-state index in [2.05, 4.69) is 15.0 Å². The van der Waals surface area contributed by atoms with Gasteiger partial charge < -0.3 is 15.2 Å². The molecule has 0 amide bonds. The fourth-order valence-electron chi connectivity index (χ4n) is 2.58. The maximum absolute atomic E-state index is 12.4. The van der Waals surface area contributed by atoms with Gasteiger partial charge in [0.05, 0.1) is 19.3 Å². The number of ether oxygens (including phenoxy) is 2. The number of benzene rings is 1. The molecule has 0 aliphatic carbocycles. The van der Waals surface area contributed by atoms with E-state index in [1.165, 1.54) is 0 Å². The van der Waals surface area contributed by atoms with E-state index in [1.807, 2.05) is 30.3 Å². The van der Waals surface area contributed by atoms with Crippen LogP contribution in [0.5, 0.6) is 0 Å². The average molecular weight is 332 g/mol. The lowest BCUT2D eigenvalue weighted by molar-refractivity contribution is -0.00296.